The van der Waals surface area contributed by atoms with Gasteiger partial charge in [-0.05, 0) is 23.9 Å². The number of H-pyrrole nitrogens is 1. The van der Waals surface area contributed by atoms with E-state index in [1.54, 1.807) is 19.2 Å². The van der Waals surface area contributed by atoms with E-state index >= 15 is 0 Å². The molecule has 2 aromatic heterocycles. The second kappa shape index (κ2) is 4.42. The average Bonchev–Trinajstić information content (AvgIpc) is 2.62. The highest BCUT2D eigenvalue weighted by Gasteiger charge is 2.07. The van der Waals surface area contributed by atoms with E-state index in [1.807, 2.05) is 0 Å². The summed E-state index contributed by atoms with van der Waals surface area (Å²) in [4.78, 5) is 15.3. The van der Waals surface area contributed by atoms with E-state index in [0.29, 0.717) is 15.7 Å². The van der Waals surface area contributed by atoms with Crippen LogP contribution in [-0.4, -0.2) is 25.6 Å². The number of nitrogens with one attached hydrogen (secondary N) is 2. The molecular weight excluding hydrogens is 240 g/mol. The van der Waals surface area contributed by atoms with Crippen LogP contribution in [0.5, 0.6) is 0 Å². The lowest BCUT2D eigenvalue weighted by atomic mass is 10.3. The van der Waals surface area contributed by atoms with Crippen molar-refractivity contribution in [1.82, 2.24) is 19.7 Å². The minimum Gasteiger partial charge on any atom is -0.384 e. The summed E-state index contributed by atoms with van der Waals surface area (Å²) >= 11 is 1.25. The molecule has 0 aliphatic heterocycles. The van der Waals surface area contributed by atoms with Gasteiger partial charge in [0, 0.05) is 18.8 Å². The Morgan fingerprint density at radius 3 is 2.82 bits per heavy atom. The molecule has 2 aromatic rings. The molecule has 0 spiro atoms. The topological polar surface area (TPSA) is 113 Å². The second-order valence-electron chi connectivity index (χ2n) is 3.27. The number of rotatable bonds is 3. The zero-order valence-electron chi connectivity index (χ0n) is 8.97. The fourth-order valence-corrected chi connectivity index (χ4v) is 1.86. The molecule has 0 aliphatic rings. The number of aromatic nitrogens is 4. The molecule has 0 aliphatic carbocycles. The predicted octanol–water partition coefficient (Wildman–Crippen LogP) is -0.0613. The molecule has 0 unspecified atom stereocenters. The van der Waals surface area contributed by atoms with Crippen molar-refractivity contribution in [2.45, 2.75) is 10.2 Å². The number of hydrogen-bond acceptors (Lipinski definition) is 5. The maximum atomic E-state index is 11.1. The molecule has 2 rings (SSSR count). The van der Waals surface area contributed by atoms with Crippen molar-refractivity contribution < 1.29 is 0 Å². The van der Waals surface area contributed by atoms with Gasteiger partial charge in [0.15, 0.2) is 5.16 Å². The van der Waals surface area contributed by atoms with E-state index in [9.17, 15) is 4.79 Å². The van der Waals surface area contributed by atoms with E-state index < -0.39 is 0 Å². The Hall–Kier alpha value is -2.09. The number of pyridine rings is 1. The summed E-state index contributed by atoms with van der Waals surface area (Å²) in [7, 11) is 1.62. The average molecular weight is 250 g/mol. The Balaban J connectivity index is 2.22. The van der Waals surface area contributed by atoms with Crippen molar-refractivity contribution in [3.8, 4) is 0 Å². The number of amidine groups is 1. The van der Waals surface area contributed by atoms with Gasteiger partial charge in [0.1, 0.15) is 10.9 Å². The highest BCUT2D eigenvalue weighted by molar-refractivity contribution is 7.99. The maximum Gasteiger partial charge on any atom is 0.343 e. The van der Waals surface area contributed by atoms with Gasteiger partial charge in [0.25, 0.3) is 0 Å². The summed E-state index contributed by atoms with van der Waals surface area (Å²) in [6.45, 7) is 0. The van der Waals surface area contributed by atoms with Crippen LogP contribution in [0.1, 0.15) is 5.56 Å². The lowest BCUT2D eigenvalue weighted by molar-refractivity contribution is 0.764. The van der Waals surface area contributed by atoms with Crippen molar-refractivity contribution in [2.24, 2.45) is 12.8 Å². The monoisotopic (exact) mass is 250 g/mol. The van der Waals surface area contributed by atoms with E-state index in [-0.39, 0.29) is 11.5 Å². The molecule has 4 N–H and O–H groups in total. The van der Waals surface area contributed by atoms with E-state index in [1.165, 1.54) is 22.5 Å². The quantitative estimate of drug-likeness (QED) is 0.521. The van der Waals surface area contributed by atoms with Crippen LogP contribution in [0.15, 0.2) is 33.3 Å². The van der Waals surface area contributed by atoms with Crippen LogP contribution in [0.4, 0.5) is 0 Å². The summed E-state index contributed by atoms with van der Waals surface area (Å²) in [6.07, 6.45) is 1.51. The number of aromatic amines is 1. The Bertz CT molecular complexity index is 599. The van der Waals surface area contributed by atoms with Gasteiger partial charge in [-0.2, -0.15) is 0 Å². The summed E-state index contributed by atoms with van der Waals surface area (Å²) in [5, 5.41) is 14.6. The third-order valence-electron chi connectivity index (χ3n) is 2.08. The van der Waals surface area contributed by atoms with Gasteiger partial charge < -0.3 is 5.73 Å². The number of nitrogens with two attached hydrogens (primary N) is 1. The first-order chi connectivity index (χ1) is 8.08. The predicted molar refractivity (Wildman–Crippen MR) is 63.2 cm³/mol. The minimum absolute atomic E-state index is 0.0266. The number of nitrogens with zero attached hydrogens (tertiary/aromatic N) is 3. The van der Waals surface area contributed by atoms with Gasteiger partial charge in [0.05, 0.1) is 0 Å². The van der Waals surface area contributed by atoms with Crippen LogP contribution in [0.25, 0.3) is 0 Å². The first-order valence-corrected chi connectivity index (χ1v) is 5.49. The molecule has 0 atom stereocenters. The highest BCUT2D eigenvalue weighted by atomic mass is 32.2. The van der Waals surface area contributed by atoms with Crippen LogP contribution in [0, 0.1) is 5.41 Å². The van der Waals surface area contributed by atoms with Crippen LogP contribution >= 0.6 is 11.8 Å². The third-order valence-corrected chi connectivity index (χ3v) is 3.08. The molecule has 0 bridgehead atoms. The fraction of sp³-hybridized carbons (Fsp3) is 0.111. The highest BCUT2D eigenvalue weighted by Crippen LogP contribution is 2.22. The van der Waals surface area contributed by atoms with Crippen LogP contribution in [0.2, 0.25) is 0 Å². The molecule has 17 heavy (non-hydrogen) atoms. The van der Waals surface area contributed by atoms with Gasteiger partial charge >= 0.3 is 5.69 Å². The Morgan fingerprint density at radius 2 is 2.35 bits per heavy atom. The molecule has 0 aromatic carbocycles. The zero-order chi connectivity index (χ0) is 12.4. The van der Waals surface area contributed by atoms with Crippen molar-refractivity contribution >= 4 is 17.6 Å². The van der Waals surface area contributed by atoms with E-state index in [2.05, 4.69) is 15.2 Å². The largest absolute Gasteiger partial charge is 0.384 e. The SMILES string of the molecule is Cn1c(Sc2ccc(C(=N)N)cn2)n[nH]c1=O. The summed E-state index contributed by atoms with van der Waals surface area (Å²) in [5.41, 5.74) is 5.61. The van der Waals surface area contributed by atoms with Crippen LogP contribution in [-0.2, 0) is 7.05 Å². The molecule has 8 heteroatoms. The van der Waals surface area contributed by atoms with Gasteiger partial charge in [0.2, 0.25) is 0 Å². The molecule has 0 fully saturated rings. The standard InChI is InChI=1S/C9H10N6OS/c1-15-8(16)13-14-9(15)17-6-3-2-5(4-12-6)7(10)11/h2-4H,1H3,(H3,10,11)(H,13,16). The molecule has 7 nitrogen and oxygen atoms in total. The van der Waals surface area contributed by atoms with Gasteiger partial charge in [-0.25, -0.2) is 14.9 Å². The molecule has 2 heterocycles. The molecule has 0 radical (unpaired) electrons. The smallest absolute Gasteiger partial charge is 0.343 e. The Morgan fingerprint density at radius 1 is 1.59 bits per heavy atom. The minimum atomic E-state index is -0.271. The number of hydrogen-bond donors (Lipinski definition) is 3. The molecular formula is C9H10N6OS. The third kappa shape index (κ3) is 2.36. The van der Waals surface area contributed by atoms with E-state index in [4.69, 9.17) is 11.1 Å². The molecule has 88 valence electrons. The first kappa shape index (κ1) is 11.4. The Labute approximate surface area is 101 Å². The summed E-state index contributed by atoms with van der Waals surface area (Å²) < 4.78 is 1.39. The maximum absolute atomic E-state index is 11.1. The Kier molecular flexibility index (Phi) is 2.96. The lowest BCUT2D eigenvalue weighted by Gasteiger charge is -2.00. The van der Waals surface area contributed by atoms with Gasteiger partial charge in [-0.3, -0.25) is 9.98 Å². The van der Waals surface area contributed by atoms with Crippen molar-refractivity contribution in [3.05, 3.63) is 34.4 Å². The normalized spacial score (nSPS) is 10.4. The van der Waals surface area contributed by atoms with Crippen LogP contribution in [0.3, 0.4) is 0 Å². The van der Waals surface area contributed by atoms with Crippen molar-refractivity contribution in [3.63, 3.8) is 0 Å². The molecule has 0 saturated carbocycles. The first-order valence-electron chi connectivity index (χ1n) is 4.67. The zero-order valence-corrected chi connectivity index (χ0v) is 9.78. The molecule has 0 saturated heterocycles. The second-order valence-corrected chi connectivity index (χ2v) is 4.26. The van der Waals surface area contributed by atoms with E-state index in [0.717, 1.165) is 0 Å². The van der Waals surface area contributed by atoms with Crippen molar-refractivity contribution in [2.75, 3.05) is 0 Å². The van der Waals surface area contributed by atoms with Crippen LogP contribution < -0.4 is 11.4 Å². The summed E-state index contributed by atoms with van der Waals surface area (Å²) in [5.74, 6) is -0.0266. The van der Waals surface area contributed by atoms with Crippen molar-refractivity contribution in [1.29, 1.82) is 5.41 Å². The van der Waals surface area contributed by atoms with Gasteiger partial charge in [-0.1, -0.05) is 0 Å². The lowest BCUT2D eigenvalue weighted by Crippen LogP contribution is -2.13. The number of nitrogen functional groups attached to an aromatic ring is 1. The fourth-order valence-electron chi connectivity index (χ4n) is 1.12. The van der Waals surface area contributed by atoms with Gasteiger partial charge in [-0.15, -0.1) is 5.10 Å². The summed E-state index contributed by atoms with van der Waals surface area (Å²) in [6, 6.07) is 3.42. The molecule has 0 amide bonds.